The van der Waals surface area contributed by atoms with E-state index in [1.807, 2.05) is 0 Å². The Morgan fingerprint density at radius 2 is 1.82 bits per heavy atom. The zero-order chi connectivity index (χ0) is 20.6. The molecule has 4 heteroatoms. The summed E-state index contributed by atoms with van der Waals surface area (Å²) in [7, 11) is 1.75. The number of nitrogens with zero attached hydrogens (tertiary/aromatic N) is 2. The van der Waals surface area contributed by atoms with Gasteiger partial charge in [0.15, 0.2) is 0 Å². The van der Waals surface area contributed by atoms with Crippen LogP contribution in [0.1, 0.15) is 53.8 Å². The number of ether oxygens (including phenoxy) is 2. The Bertz CT molecular complexity index is 871. The monoisotopic (exact) mass is 382 g/mol. The van der Waals surface area contributed by atoms with Gasteiger partial charge in [0.05, 0.1) is 13.7 Å². The first-order chi connectivity index (χ1) is 13.2. The highest BCUT2D eigenvalue weighted by Gasteiger charge is 2.36. The highest BCUT2D eigenvalue weighted by atomic mass is 16.5. The molecule has 1 aliphatic rings. The molecule has 4 nitrogen and oxygen atoms in total. The standard InChI is InChI=1S/C24H34N2O2/c1-9-26(21-13-15(2)12-16(3)25-21)14-24(7)11-10-20-19(6)22(27-8)17(4)18(5)23(20)28-24/h12-13H,9-11,14H2,1-8H3. The minimum absolute atomic E-state index is 0.249. The number of pyridine rings is 1. The van der Waals surface area contributed by atoms with E-state index in [0.717, 1.165) is 48.9 Å². The average Bonchev–Trinajstić information content (AvgIpc) is 2.64. The van der Waals surface area contributed by atoms with Crippen LogP contribution in [0.3, 0.4) is 0 Å². The lowest BCUT2D eigenvalue weighted by Crippen LogP contribution is -2.48. The molecule has 1 aliphatic heterocycles. The third kappa shape index (κ3) is 3.69. The van der Waals surface area contributed by atoms with E-state index in [2.05, 4.69) is 65.5 Å². The van der Waals surface area contributed by atoms with Gasteiger partial charge in [-0.1, -0.05) is 0 Å². The first-order valence-electron chi connectivity index (χ1n) is 10.2. The predicted molar refractivity (Wildman–Crippen MR) is 116 cm³/mol. The van der Waals surface area contributed by atoms with Crippen LogP contribution in [0.25, 0.3) is 0 Å². The summed E-state index contributed by atoms with van der Waals surface area (Å²) in [4.78, 5) is 7.11. The lowest BCUT2D eigenvalue weighted by atomic mass is 9.86. The molecule has 2 aromatic rings. The van der Waals surface area contributed by atoms with Crippen molar-refractivity contribution in [1.82, 2.24) is 4.98 Å². The van der Waals surface area contributed by atoms with Gasteiger partial charge in [0.25, 0.3) is 0 Å². The van der Waals surface area contributed by atoms with Crippen molar-refractivity contribution in [3.05, 3.63) is 45.6 Å². The molecule has 1 unspecified atom stereocenters. The van der Waals surface area contributed by atoms with Crippen molar-refractivity contribution in [2.45, 2.75) is 66.9 Å². The molecule has 0 fully saturated rings. The van der Waals surface area contributed by atoms with Gasteiger partial charge in [-0.2, -0.15) is 0 Å². The van der Waals surface area contributed by atoms with E-state index in [-0.39, 0.29) is 5.60 Å². The van der Waals surface area contributed by atoms with Crippen LogP contribution < -0.4 is 14.4 Å². The Hall–Kier alpha value is -2.23. The average molecular weight is 383 g/mol. The molecular weight excluding hydrogens is 348 g/mol. The van der Waals surface area contributed by atoms with E-state index in [9.17, 15) is 0 Å². The minimum Gasteiger partial charge on any atom is -0.496 e. The second kappa shape index (κ2) is 7.65. The van der Waals surface area contributed by atoms with Crippen molar-refractivity contribution in [2.75, 3.05) is 25.1 Å². The molecule has 0 aliphatic carbocycles. The van der Waals surface area contributed by atoms with E-state index in [1.54, 1.807) is 7.11 Å². The van der Waals surface area contributed by atoms with Gasteiger partial charge in [0.1, 0.15) is 22.9 Å². The van der Waals surface area contributed by atoms with Crippen LogP contribution in [-0.4, -0.2) is 30.8 Å². The maximum absolute atomic E-state index is 6.70. The molecule has 0 N–H and O–H groups in total. The Morgan fingerprint density at radius 1 is 1.11 bits per heavy atom. The largest absolute Gasteiger partial charge is 0.496 e. The Labute approximate surface area is 169 Å². The van der Waals surface area contributed by atoms with Crippen molar-refractivity contribution in [3.63, 3.8) is 0 Å². The van der Waals surface area contributed by atoms with Crippen LogP contribution in [0.2, 0.25) is 0 Å². The summed E-state index contributed by atoms with van der Waals surface area (Å²) in [5.74, 6) is 3.08. The van der Waals surface area contributed by atoms with E-state index >= 15 is 0 Å². The highest BCUT2D eigenvalue weighted by Crippen LogP contribution is 2.44. The van der Waals surface area contributed by atoms with Crippen LogP contribution in [0, 0.1) is 34.6 Å². The quantitative estimate of drug-likeness (QED) is 0.708. The van der Waals surface area contributed by atoms with Crippen molar-refractivity contribution >= 4 is 5.82 Å². The normalized spacial score (nSPS) is 18.4. The third-order valence-corrected chi connectivity index (χ3v) is 6.08. The van der Waals surface area contributed by atoms with E-state index in [1.165, 1.54) is 27.8 Å². The first-order valence-corrected chi connectivity index (χ1v) is 10.2. The van der Waals surface area contributed by atoms with E-state index < -0.39 is 0 Å². The predicted octanol–water partition coefficient (Wildman–Crippen LogP) is 5.24. The van der Waals surface area contributed by atoms with Crippen molar-refractivity contribution in [1.29, 1.82) is 0 Å². The Morgan fingerprint density at radius 3 is 2.43 bits per heavy atom. The summed E-state index contributed by atoms with van der Waals surface area (Å²) in [6, 6.07) is 4.29. The zero-order valence-electron chi connectivity index (χ0n) is 18.7. The summed E-state index contributed by atoms with van der Waals surface area (Å²) >= 11 is 0. The van der Waals surface area contributed by atoms with Crippen molar-refractivity contribution in [2.24, 2.45) is 0 Å². The number of methoxy groups -OCH3 is 1. The van der Waals surface area contributed by atoms with Gasteiger partial charge in [0, 0.05) is 17.8 Å². The van der Waals surface area contributed by atoms with Gasteiger partial charge in [0.2, 0.25) is 0 Å². The number of aryl methyl sites for hydroxylation is 2. The molecule has 1 aromatic heterocycles. The second-order valence-corrected chi connectivity index (χ2v) is 8.43. The molecule has 2 heterocycles. The fourth-order valence-corrected chi connectivity index (χ4v) is 4.44. The number of likely N-dealkylation sites (N-methyl/N-ethyl adjacent to an activating group) is 1. The van der Waals surface area contributed by atoms with Gasteiger partial charge in [-0.05, 0) is 95.7 Å². The lowest BCUT2D eigenvalue weighted by Gasteiger charge is -2.41. The number of rotatable bonds is 5. The van der Waals surface area contributed by atoms with Gasteiger partial charge in [-0.3, -0.25) is 0 Å². The van der Waals surface area contributed by atoms with Gasteiger partial charge in [-0.15, -0.1) is 0 Å². The molecule has 0 spiro atoms. The number of anilines is 1. The van der Waals surface area contributed by atoms with Crippen LogP contribution in [0.5, 0.6) is 11.5 Å². The molecule has 0 saturated carbocycles. The van der Waals surface area contributed by atoms with Gasteiger partial charge < -0.3 is 14.4 Å². The zero-order valence-corrected chi connectivity index (χ0v) is 18.7. The van der Waals surface area contributed by atoms with Crippen LogP contribution in [0.4, 0.5) is 5.82 Å². The number of hydrogen-bond donors (Lipinski definition) is 0. The fraction of sp³-hybridized carbons (Fsp3) is 0.542. The molecular formula is C24H34N2O2. The second-order valence-electron chi connectivity index (χ2n) is 8.43. The smallest absolute Gasteiger partial charge is 0.129 e. The van der Waals surface area contributed by atoms with Crippen LogP contribution in [-0.2, 0) is 6.42 Å². The maximum atomic E-state index is 6.70. The summed E-state index contributed by atoms with van der Waals surface area (Å²) < 4.78 is 12.4. The summed E-state index contributed by atoms with van der Waals surface area (Å²) in [5, 5.41) is 0. The van der Waals surface area contributed by atoms with Crippen LogP contribution in [0.15, 0.2) is 12.1 Å². The SMILES string of the molecule is CCN(CC1(C)CCc2c(C)c(OC)c(C)c(C)c2O1)c1cc(C)cc(C)n1. The van der Waals surface area contributed by atoms with Crippen molar-refractivity contribution in [3.8, 4) is 11.5 Å². The molecule has 0 radical (unpaired) electrons. The highest BCUT2D eigenvalue weighted by molar-refractivity contribution is 5.59. The van der Waals surface area contributed by atoms with Crippen molar-refractivity contribution < 1.29 is 9.47 Å². The molecule has 28 heavy (non-hydrogen) atoms. The summed E-state index contributed by atoms with van der Waals surface area (Å²) in [5.41, 5.74) is 6.93. The first kappa shape index (κ1) is 20.5. The Balaban J connectivity index is 1.93. The molecule has 0 saturated heterocycles. The van der Waals surface area contributed by atoms with E-state index in [0.29, 0.717) is 0 Å². The topological polar surface area (TPSA) is 34.6 Å². The molecule has 0 bridgehead atoms. The summed E-state index contributed by atoms with van der Waals surface area (Å²) in [6.07, 6.45) is 1.99. The molecule has 1 aromatic carbocycles. The summed E-state index contributed by atoms with van der Waals surface area (Å²) in [6.45, 7) is 16.7. The van der Waals surface area contributed by atoms with E-state index in [4.69, 9.17) is 14.5 Å². The lowest BCUT2D eigenvalue weighted by molar-refractivity contribution is 0.0702. The van der Waals surface area contributed by atoms with Gasteiger partial charge in [-0.25, -0.2) is 4.98 Å². The van der Waals surface area contributed by atoms with Crippen LogP contribution >= 0.6 is 0 Å². The number of aromatic nitrogens is 1. The molecule has 3 rings (SSSR count). The minimum atomic E-state index is -0.249. The molecule has 152 valence electrons. The third-order valence-electron chi connectivity index (χ3n) is 6.08. The molecule has 0 amide bonds. The molecule has 1 atom stereocenters. The van der Waals surface area contributed by atoms with Gasteiger partial charge >= 0.3 is 0 Å². The maximum Gasteiger partial charge on any atom is 0.129 e. The number of fused-ring (bicyclic) bond motifs is 1. The number of hydrogen-bond acceptors (Lipinski definition) is 4. The fourth-order valence-electron chi connectivity index (χ4n) is 4.44. The Kier molecular flexibility index (Phi) is 5.60. The number of benzene rings is 1.